The van der Waals surface area contributed by atoms with Gasteiger partial charge in [-0.1, -0.05) is 23.8 Å². The van der Waals surface area contributed by atoms with Gasteiger partial charge in [-0.05, 0) is 12.1 Å². The molecule has 0 saturated heterocycles. The molecule has 17 heavy (non-hydrogen) atoms. The van der Waals surface area contributed by atoms with Crippen LogP contribution in [0.15, 0.2) is 40.8 Å². The van der Waals surface area contributed by atoms with E-state index in [4.69, 9.17) is 4.42 Å². The minimum absolute atomic E-state index is 0.157. The summed E-state index contributed by atoms with van der Waals surface area (Å²) < 4.78 is 31.4. The van der Waals surface area contributed by atoms with E-state index in [2.05, 4.69) is 11.1 Å². The van der Waals surface area contributed by atoms with E-state index in [0.717, 1.165) is 12.1 Å². The fourth-order valence-corrected chi connectivity index (χ4v) is 1.60. The van der Waals surface area contributed by atoms with Crippen LogP contribution in [-0.4, -0.2) is 4.98 Å². The summed E-state index contributed by atoms with van der Waals surface area (Å²) in [6.07, 6.45) is 0. The van der Waals surface area contributed by atoms with E-state index in [-0.39, 0.29) is 11.5 Å². The van der Waals surface area contributed by atoms with Gasteiger partial charge in [0.2, 0.25) is 0 Å². The van der Waals surface area contributed by atoms with Gasteiger partial charge in [-0.25, -0.2) is 8.78 Å². The first kappa shape index (κ1) is 9.96. The van der Waals surface area contributed by atoms with Crippen molar-refractivity contribution >= 4 is 11.1 Å². The fourth-order valence-electron chi connectivity index (χ4n) is 1.60. The third kappa shape index (κ3) is 1.78. The van der Waals surface area contributed by atoms with Crippen LogP contribution in [0, 0.1) is 17.7 Å². The summed E-state index contributed by atoms with van der Waals surface area (Å²) in [5.41, 5.74) is 1.37. The van der Waals surface area contributed by atoms with E-state index >= 15 is 0 Å². The van der Waals surface area contributed by atoms with E-state index in [1.165, 1.54) is 0 Å². The first-order valence-corrected chi connectivity index (χ1v) is 4.97. The Morgan fingerprint density at radius 1 is 1.12 bits per heavy atom. The molecule has 1 aromatic heterocycles. The fraction of sp³-hybridized carbons (Fsp3) is 0. The molecule has 0 aliphatic rings. The van der Waals surface area contributed by atoms with Gasteiger partial charge in [0.15, 0.2) is 0 Å². The normalized spacial score (nSPS) is 10.9. The lowest BCUT2D eigenvalue weighted by molar-refractivity contribution is 0.576. The van der Waals surface area contributed by atoms with Gasteiger partial charge < -0.3 is 4.42 Å². The Morgan fingerprint density at radius 2 is 1.94 bits per heavy atom. The van der Waals surface area contributed by atoms with E-state index in [9.17, 15) is 8.78 Å². The van der Waals surface area contributed by atoms with Gasteiger partial charge in [-0.3, -0.25) is 4.98 Å². The summed E-state index contributed by atoms with van der Waals surface area (Å²) in [5.74, 6) is -1.30. The van der Waals surface area contributed by atoms with Crippen LogP contribution < -0.4 is 0 Å². The van der Waals surface area contributed by atoms with Crippen molar-refractivity contribution < 1.29 is 13.2 Å². The van der Waals surface area contributed by atoms with Gasteiger partial charge in [0.05, 0.1) is 5.52 Å². The summed E-state index contributed by atoms with van der Waals surface area (Å²) in [5, 5.41) is 0. The van der Waals surface area contributed by atoms with Crippen LogP contribution in [-0.2, 0) is 0 Å². The molecule has 3 rings (SSSR count). The van der Waals surface area contributed by atoms with Crippen molar-refractivity contribution in [3.8, 4) is 11.5 Å². The smallest absolute Gasteiger partial charge is 0.142 e. The zero-order valence-electron chi connectivity index (χ0n) is 8.58. The molecule has 4 heteroatoms. The van der Waals surface area contributed by atoms with Crippen LogP contribution in [0.3, 0.4) is 0 Å². The maximum Gasteiger partial charge on any atom is 0.142 e. The van der Waals surface area contributed by atoms with Gasteiger partial charge in [0.1, 0.15) is 11.5 Å². The van der Waals surface area contributed by atoms with Crippen LogP contribution in [0.25, 0.3) is 22.6 Å². The Morgan fingerprint density at radius 3 is 2.71 bits per heavy atom. The number of benzene rings is 2. The topological polar surface area (TPSA) is 26.0 Å². The van der Waals surface area contributed by atoms with Crippen molar-refractivity contribution in [1.82, 2.24) is 4.98 Å². The van der Waals surface area contributed by atoms with Crippen molar-refractivity contribution in [2.24, 2.45) is 0 Å². The van der Waals surface area contributed by atoms with E-state index < -0.39 is 11.6 Å². The van der Waals surface area contributed by atoms with Gasteiger partial charge in [-0.2, -0.15) is 0 Å². The Bertz CT molecular complexity index is 637. The quantitative estimate of drug-likeness (QED) is 0.597. The molecule has 2 aromatic carbocycles. The van der Waals surface area contributed by atoms with Gasteiger partial charge >= 0.3 is 0 Å². The maximum atomic E-state index is 13.0. The molecule has 0 bridgehead atoms. The summed E-state index contributed by atoms with van der Waals surface area (Å²) in [4.78, 5) is 4.13. The standard InChI is InChI=1S/C13H6F2NO/c14-9-5-8(6-10(15)7-9)13-16-11-3-1-2-4-12(11)17-13/h1-5,7H/q-1. The monoisotopic (exact) mass is 230 g/mol. The zero-order chi connectivity index (χ0) is 11.8. The Hall–Kier alpha value is -2.23. The number of para-hydroxylation sites is 2. The van der Waals surface area contributed by atoms with Crippen LogP contribution in [0.4, 0.5) is 8.78 Å². The van der Waals surface area contributed by atoms with Crippen LogP contribution >= 0.6 is 0 Å². The lowest BCUT2D eigenvalue weighted by Gasteiger charge is -2.04. The highest BCUT2D eigenvalue weighted by Crippen LogP contribution is 2.24. The second-order valence-corrected chi connectivity index (χ2v) is 3.55. The number of rotatable bonds is 1. The molecule has 2 nitrogen and oxygen atoms in total. The summed E-state index contributed by atoms with van der Waals surface area (Å²) in [7, 11) is 0. The van der Waals surface area contributed by atoms with Crippen molar-refractivity contribution in [1.29, 1.82) is 0 Å². The molecule has 0 saturated carbocycles. The lowest BCUT2D eigenvalue weighted by atomic mass is 10.2. The number of fused-ring (bicyclic) bond motifs is 1. The Labute approximate surface area is 95.5 Å². The van der Waals surface area contributed by atoms with Crippen molar-refractivity contribution in [3.05, 3.63) is 54.1 Å². The molecule has 3 aromatic rings. The minimum atomic E-state index is -0.776. The van der Waals surface area contributed by atoms with E-state index in [0.29, 0.717) is 11.1 Å². The molecular weight excluding hydrogens is 224 g/mol. The summed E-state index contributed by atoms with van der Waals surface area (Å²) >= 11 is 0. The Kier molecular flexibility index (Phi) is 2.14. The maximum absolute atomic E-state index is 13.0. The summed E-state index contributed by atoms with van der Waals surface area (Å²) in [6.45, 7) is 0. The predicted octanol–water partition coefficient (Wildman–Crippen LogP) is 3.57. The van der Waals surface area contributed by atoms with Crippen molar-refractivity contribution in [2.75, 3.05) is 0 Å². The van der Waals surface area contributed by atoms with Crippen molar-refractivity contribution in [3.63, 3.8) is 0 Å². The number of hydrogen-bond acceptors (Lipinski definition) is 2. The number of nitrogens with zero attached hydrogens (tertiary/aromatic N) is 1. The number of oxazole rings is 1. The molecule has 0 spiro atoms. The highest BCUT2D eigenvalue weighted by Gasteiger charge is 2.03. The van der Waals surface area contributed by atoms with Gasteiger partial charge in [0, 0.05) is 11.6 Å². The first-order valence-electron chi connectivity index (χ1n) is 4.97. The highest BCUT2D eigenvalue weighted by molar-refractivity contribution is 5.75. The average Bonchev–Trinajstić information content (AvgIpc) is 2.71. The Balaban J connectivity index is 2.20. The molecule has 0 aliphatic heterocycles. The largest absolute Gasteiger partial charge is 0.481 e. The van der Waals surface area contributed by atoms with Crippen LogP contribution in [0.5, 0.6) is 0 Å². The molecule has 0 atom stereocenters. The molecule has 0 radical (unpaired) electrons. The molecule has 0 amide bonds. The SMILES string of the molecule is Fc1[c-]c(-c2nc3ccccc3o2)cc(F)c1. The van der Waals surface area contributed by atoms with E-state index in [1.54, 1.807) is 18.2 Å². The molecule has 0 unspecified atom stereocenters. The third-order valence-electron chi connectivity index (χ3n) is 2.33. The molecule has 0 N–H and O–H groups in total. The second-order valence-electron chi connectivity index (χ2n) is 3.55. The summed E-state index contributed by atoms with van der Waals surface area (Å²) in [6, 6.07) is 11.4. The molecular formula is C13H6F2NO-. The van der Waals surface area contributed by atoms with Crippen LogP contribution in [0.1, 0.15) is 0 Å². The number of aromatic nitrogens is 1. The zero-order valence-corrected chi connectivity index (χ0v) is 8.58. The highest BCUT2D eigenvalue weighted by atomic mass is 19.1. The average molecular weight is 230 g/mol. The minimum Gasteiger partial charge on any atom is -0.481 e. The second kappa shape index (κ2) is 3.66. The molecule has 1 heterocycles. The molecule has 84 valence electrons. The number of hydrogen-bond donors (Lipinski definition) is 0. The van der Waals surface area contributed by atoms with Gasteiger partial charge in [-0.15, -0.1) is 12.1 Å². The first-order chi connectivity index (χ1) is 8.22. The lowest BCUT2D eigenvalue weighted by Crippen LogP contribution is -1.84. The predicted molar refractivity (Wildman–Crippen MR) is 58.2 cm³/mol. The number of halogens is 2. The van der Waals surface area contributed by atoms with Crippen LogP contribution in [0.2, 0.25) is 0 Å². The van der Waals surface area contributed by atoms with Gasteiger partial charge in [0.25, 0.3) is 0 Å². The molecule has 0 aliphatic carbocycles. The molecule has 0 fully saturated rings. The third-order valence-corrected chi connectivity index (χ3v) is 2.33. The van der Waals surface area contributed by atoms with E-state index in [1.807, 2.05) is 6.07 Å². The van der Waals surface area contributed by atoms with Crippen molar-refractivity contribution in [2.45, 2.75) is 0 Å².